The molecule has 0 bridgehead atoms. The molecule has 100 valence electrons. The SMILES string of the molecule is CCC(OCC1CCCO1)C(N)c1ccccc1. The van der Waals surface area contributed by atoms with Gasteiger partial charge in [-0.05, 0) is 24.8 Å². The summed E-state index contributed by atoms with van der Waals surface area (Å²) >= 11 is 0. The van der Waals surface area contributed by atoms with E-state index in [1.807, 2.05) is 18.2 Å². The maximum Gasteiger partial charge on any atom is 0.0809 e. The number of hydrogen-bond acceptors (Lipinski definition) is 3. The molecule has 2 rings (SSSR count). The molecular formula is C15H23NO2. The van der Waals surface area contributed by atoms with Crippen LogP contribution in [-0.2, 0) is 9.47 Å². The van der Waals surface area contributed by atoms with Gasteiger partial charge in [-0.25, -0.2) is 0 Å². The Morgan fingerprint density at radius 1 is 1.39 bits per heavy atom. The van der Waals surface area contributed by atoms with E-state index >= 15 is 0 Å². The molecule has 1 heterocycles. The summed E-state index contributed by atoms with van der Waals surface area (Å²) in [6.45, 7) is 3.65. The maximum atomic E-state index is 6.27. The van der Waals surface area contributed by atoms with Crippen molar-refractivity contribution in [2.24, 2.45) is 5.73 Å². The first-order chi connectivity index (χ1) is 8.81. The zero-order valence-electron chi connectivity index (χ0n) is 11.0. The van der Waals surface area contributed by atoms with Gasteiger partial charge in [0, 0.05) is 6.61 Å². The normalized spacial score (nSPS) is 22.9. The molecule has 0 amide bonds. The molecule has 1 saturated heterocycles. The number of hydrogen-bond donors (Lipinski definition) is 1. The largest absolute Gasteiger partial charge is 0.376 e. The summed E-state index contributed by atoms with van der Waals surface area (Å²) in [5.41, 5.74) is 7.40. The van der Waals surface area contributed by atoms with Crippen LogP contribution in [0.3, 0.4) is 0 Å². The van der Waals surface area contributed by atoms with E-state index in [2.05, 4.69) is 19.1 Å². The first-order valence-electron chi connectivity index (χ1n) is 6.85. The quantitative estimate of drug-likeness (QED) is 0.843. The van der Waals surface area contributed by atoms with Gasteiger partial charge in [-0.15, -0.1) is 0 Å². The lowest BCUT2D eigenvalue weighted by Crippen LogP contribution is -2.31. The van der Waals surface area contributed by atoms with Crippen LogP contribution in [0.1, 0.15) is 37.8 Å². The van der Waals surface area contributed by atoms with E-state index in [1.54, 1.807) is 0 Å². The summed E-state index contributed by atoms with van der Waals surface area (Å²) in [5.74, 6) is 0. The second kappa shape index (κ2) is 6.88. The summed E-state index contributed by atoms with van der Waals surface area (Å²) in [6, 6.07) is 10.1. The van der Waals surface area contributed by atoms with Crippen LogP contribution in [0.4, 0.5) is 0 Å². The Balaban J connectivity index is 1.87. The van der Waals surface area contributed by atoms with E-state index < -0.39 is 0 Å². The molecule has 3 nitrogen and oxygen atoms in total. The maximum absolute atomic E-state index is 6.27. The van der Waals surface area contributed by atoms with Crippen molar-refractivity contribution in [3.63, 3.8) is 0 Å². The molecule has 1 aliphatic rings. The molecule has 1 aromatic rings. The second-order valence-corrected chi connectivity index (χ2v) is 4.85. The van der Waals surface area contributed by atoms with E-state index in [0.29, 0.717) is 6.61 Å². The Kier molecular flexibility index (Phi) is 5.17. The van der Waals surface area contributed by atoms with Gasteiger partial charge in [0.25, 0.3) is 0 Å². The topological polar surface area (TPSA) is 44.5 Å². The van der Waals surface area contributed by atoms with Gasteiger partial charge in [0.2, 0.25) is 0 Å². The van der Waals surface area contributed by atoms with Crippen LogP contribution in [0.2, 0.25) is 0 Å². The van der Waals surface area contributed by atoms with Gasteiger partial charge in [-0.2, -0.15) is 0 Å². The zero-order chi connectivity index (χ0) is 12.8. The molecule has 2 N–H and O–H groups in total. The minimum absolute atomic E-state index is 0.0578. The van der Waals surface area contributed by atoms with Crippen molar-refractivity contribution in [1.29, 1.82) is 0 Å². The van der Waals surface area contributed by atoms with Crippen molar-refractivity contribution in [3.8, 4) is 0 Å². The fraction of sp³-hybridized carbons (Fsp3) is 0.600. The fourth-order valence-corrected chi connectivity index (χ4v) is 2.37. The average Bonchev–Trinajstić information content (AvgIpc) is 2.93. The molecule has 1 fully saturated rings. The van der Waals surface area contributed by atoms with Gasteiger partial charge in [-0.3, -0.25) is 0 Å². The Morgan fingerprint density at radius 3 is 2.78 bits per heavy atom. The van der Waals surface area contributed by atoms with Crippen molar-refractivity contribution in [1.82, 2.24) is 0 Å². The third-order valence-electron chi connectivity index (χ3n) is 3.51. The van der Waals surface area contributed by atoms with Crippen LogP contribution in [-0.4, -0.2) is 25.4 Å². The minimum Gasteiger partial charge on any atom is -0.376 e. The smallest absolute Gasteiger partial charge is 0.0809 e. The van der Waals surface area contributed by atoms with Crippen molar-refractivity contribution in [3.05, 3.63) is 35.9 Å². The molecule has 3 unspecified atom stereocenters. The van der Waals surface area contributed by atoms with Crippen LogP contribution in [0.5, 0.6) is 0 Å². The van der Waals surface area contributed by atoms with E-state index in [0.717, 1.165) is 31.4 Å². The minimum atomic E-state index is -0.0578. The van der Waals surface area contributed by atoms with Gasteiger partial charge in [-0.1, -0.05) is 37.3 Å². The van der Waals surface area contributed by atoms with Crippen LogP contribution in [0, 0.1) is 0 Å². The Morgan fingerprint density at radius 2 is 2.17 bits per heavy atom. The van der Waals surface area contributed by atoms with Crippen LogP contribution >= 0.6 is 0 Å². The van der Waals surface area contributed by atoms with Crippen LogP contribution in [0.25, 0.3) is 0 Å². The lowest BCUT2D eigenvalue weighted by atomic mass is 10.0. The molecule has 1 aliphatic heterocycles. The molecule has 18 heavy (non-hydrogen) atoms. The summed E-state index contributed by atoms with van der Waals surface area (Å²) in [7, 11) is 0. The number of nitrogens with two attached hydrogens (primary N) is 1. The second-order valence-electron chi connectivity index (χ2n) is 4.85. The monoisotopic (exact) mass is 249 g/mol. The summed E-state index contributed by atoms with van der Waals surface area (Å²) < 4.78 is 11.5. The first-order valence-corrected chi connectivity index (χ1v) is 6.85. The molecule has 3 atom stereocenters. The summed E-state index contributed by atoms with van der Waals surface area (Å²) in [6.07, 6.45) is 3.51. The highest BCUT2D eigenvalue weighted by molar-refractivity contribution is 5.19. The van der Waals surface area contributed by atoms with Gasteiger partial charge in [0.05, 0.1) is 24.9 Å². The van der Waals surface area contributed by atoms with E-state index in [-0.39, 0.29) is 18.2 Å². The van der Waals surface area contributed by atoms with Crippen molar-refractivity contribution >= 4 is 0 Å². The average molecular weight is 249 g/mol. The molecule has 0 saturated carbocycles. The first kappa shape index (κ1) is 13.5. The van der Waals surface area contributed by atoms with Crippen LogP contribution in [0.15, 0.2) is 30.3 Å². The molecule has 1 aromatic carbocycles. The Hall–Kier alpha value is -0.900. The molecule has 3 heteroatoms. The van der Waals surface area contributed by atoms with Gasteiger partial charge in [0.15, 0.2) is 0 Å². The highest BCUT2D eigenvalue weighted by Gasteiger charge is 2.22. The molecular weight excluding hydrogens is 226 g/mol. The third-order valence-corrected chi connectivity index (χ3v) is 3.51. The Labute approximate surface area is 109 Å². The summed E-state index contributed by atoms with van der Waals surface area (Å²) in [4.78, 5) is 0. The van der Waals surface area contributed by atoms with E-state index in [1.165, 1.54) is 0 Å². The Bertz CT molecular complexity index is 336. The number of benzene rings is 1. The highest BCUT2D eigenvalue weighted by atomic mass is 16.5. The van der Waals surface area contributed by atoms with Gasteiger partial charge >= 0.3 is 0 Å². The summed E-state index contributed by atoms with van der Waals surface area (Å²) in [5, 5.41) is 0. The number of ether oxygens (including phenoxy) is 2. The lowest BCUT2D eigenvalue weighted by molar-refractivity contribution is -0.0308. The fourth-order valence-electron chi connectivity index (χ4n) is 2.37. The van der Waals surface area contributed by atoms with E-state index in [9.17, 15) is 0 Å². The van der Waals surface area contributed by atoms with Gasteiger partial charge in [0.1, 0.15) is 0 Å². The molecule has 0 aliphatic carbocycles. The van der Waals surface area contributed by atoms with E-state index in [4.69, 9.17) is 15.2 Å². The molecule has 0 radical (unpaired) electrons. The number of rotatable bonds is 6. The van der Waals surface area contributed by atoms with Crippen molar-refractivity contribution < 1.29 is 9.47 Å². The standard InChI is InChI=1S/C15H23NO2/c1-2-14(18-11-13-9-6-10-17-13)15(16)12-7-4-3-5-8-12/h3-5,7-8,13-15H,2,6,9-11,16H2,1H3. The van der Waals surface area contributed by atoms with Crippen molar-refractivity contribution in [2.75, 3.05) is 13.2 Å². The predicted octanol–water partition coefficient (Wildman–Crippen LogP) is 2.66. The lowest BCUT2D eigenvalue weighted by Gasteiger charge is -2.24. The van der Waals surface area contributed by atoms with Crippen LogP contribution < -0.4 is 5.73 Å². The molecule has 0 spiro atoms. The highest BCUT2D eigenvalue weighted by Crippen LogP contribution is 2.20. The zero-order valence-corrected chi connectivity index (χ0v) is 11.0. The molecule has 0 aromatic heterocycles. The van der Waals surface area contributed by atoms with Gasteiger partial charge < -0.3 is 15.2 Å². The predicted molar refractivity (Wildman–Crippen MR) is 72.4 cm³/mol. The van der Waals surface area contributed by atoms with Crippen molar-refractivity contribution in [2.45, 2.75) is 44.4 Å². The third kappa shape index (κ3) is 3.55.